The third kappa shape index (κ3) is 6.99. The van der Waals surface area contributed by atoms with Crippen LogP contribution in [0.3, 0.4) is 0 Å². The minimum absolute atomic E-state index is 0.228. The van der Waals surface area contributed by atoms with Gasteiger partial charge in [-0.1, -0.05) is 30.3 Å². The third-order valence-electron chi connectivity index (χ3n) is 2.30. The highest BCUT2D eigenvalue weighted by Crippen LogP contribution is 2.27. The molecule has 1 aromatic rings. The van der Waals surface area contributed by atoms with E-state index in [0.717, 1.165) is 24.3 Å². The van der Waals surface area contributed by atoms with Crippen LogP contribution in [-0.2, 0) is 6.42 Å². The Labute approximate surface area is 112 Å². The molecule has 0 radical (unpaired) electrons. The van der Waals surface area contributed by atoms with Gasteiger partial charge >= 0.3 is 0 Å². The van der Waals surface area contributed by atoms with Crippen molar-refractivity contribution in [1.29, 1.82) is 0 Å². The van der Waals surface area contributed by atoms with Gasteiger partial charge in [-0.25, -0.2) is 0 Å². The van der Waals surface area contributed by atoms with Gasteiger partial charge in [-0.05, 0) is 18.4 Å². The van der Waals surface area contributed by atoms with Crippen molar-refractivity contribution in [2.75, 3.05) is 24.7 Å². The maximum atomic E-state index is 8.85. The van der Waals surface area contributed by atoms with Crippen molar-refractivity contribution in [3.05, 3.63) is 35.9 Å². The molecule has 4 heteroatoms. The van der Waals surface area contributed by atoms with Crippen LogP contribution in [0.4, 0.5) is 0 Å². The Balaban J connectivity index is 2.31. The Morgan fingerprint density at radius 3 is 2.06 bits per heavy atom. The van der Waals surface area contributed by atoms with E-state index >= 15 is 0 Å². The monoisotopic (exact) mass is 272 g/mol. The molecule has 96 valence electrons. The molecule has 0 atom stereocenters. The predicted octanol–water partition coefficient (Wildman–Crippen LogP) is 2.40. The van der Waals surface area contributed by atoms with Gasteiger partial charge in [0, 0.05) is 11.5 Å². The second-order valence-corrected chi connectivity index (χ2v) is 6.56. The van der Waals surface area contributed by atoms with E-state index in [9.17, 15) is 0 Å². The Morgan fingerprint density at radius 1 is 0.941 bits per heavy atom. The molecule has 0 fully saturated rings. The highest BCUT2D eigenvalue weighted by molar-refractivity contribution is 8.17. The first-order valence-electron chi connectivity index (χ1n) is 5.85. The van der Waals surface area contributed by atoms with Crippen LogP contribution in [0, 0.1) is 0 Å². The van der Waals surface area contributed by atoms with E-state index in [-0.39, 0.29) is 13.2 Å². The van der Waals surface area contributed by atoms with Crippen LogP contribution in [0.15, 0.2) is 30.3 Å². The summed E-state index contributed by atoms with van der Waals surface area (Å²) >= 11 is 3.57. The summed E-state index contributed by atoms with van der Waals surface area (Å²) in [4.78, 5) is 0. The van der Waals surface area contributed by atoms with Crippen molar-refractivity contribution in [3.8, 4) is 0 Å². The summed E-state index contributed by atoms with van der Waals surface area (Å²) in [6.07, 6.45) is 2.14. The standard InChI is InChI=1S/C13H20O2S2/c14-8-10-16-13(17-11-9-15)7-6-12-4-2-1-3-5-12/h1-5,13-15H,6-11H2. The van der Waals surface area contributed by atoms with E-state index in [4.69, 9.17) is 10.2 Å². The lowest BCUT2D eigenvalue weighted by molar-refractivity contribution is 0.322. The number of thioether (sulfide) groups is 2. The Kier molecular flexibility index (Phi) is 8.61. The molecule has 0 spiro atoms. The molecule has 0 aliphatic heterocycles. The first-order valence-corrected chi connectivity index (χ1v) is 7.95. The predicted molar refractivity (Wildman–Crippen MR) is 77.6 cm³/mol. The van der Waals surface area contributed by atoms with Gasteiger partial charge in [0.25, 0.3) is 0 Å². The number of aliphatic hydroxyl groups is 2. The molecule has 1 aromatic carbocycles. The molecular formula is C13H20O2S2. The van der Waals surface area contributed by atoms with Crippen molar-refractivity contribution >= 4 is 23.5 Å². The zero-order valence-corrected chi connectivity index (χ0v) is 11.6. The highest BCUT2D eigenvalue weighted by Gasteiger charge is 2.09. The number of aliphatic hydroxyl groups excluding tert-OH is 2. The lowest BCUT2D eigenvalue weighted by Crippen LogP contribution is -2.05. The van der Waals surface area contributed by atoms with Crippen LogP contribution in [-0.4, -0.2) is 39.5 Å². The number of hydrogen-bond donors (Lipinski definition) is 2. The lowest BCUT2D eigenvalue weighted by Gasteiger charge is -2.15. The smallest absolute Gasteiger partial charge is 0.0522 e. The molecule has 0 unspecified atom stereocenters. The number of hydrogen-bond acceptors (Lipinski definition) is 4. The molecule has 0 saturated heterocycles. The van der Waals surface area contributed by atoms with Crippen molar-refractivity contribution < 1.29 is 10.2 Å². The summed E-state index contributed by atoms with van der Waals surface area (Å²) in [6, 6.07) is 10.4. The maximum Gasteiger partial charge on any atom is 0.0522 e. The van der Waals surface area contributed by atoms with Gasteiger partial charge in [0.1, 0.15) is 0 Å². The lowest BCUT2D eigenvalue weighted by atomic mass is 10.1. The molecular weight excluding hydrogens is 252 g/mol. The average molecular weight is 272 g/mol. The summed E-state index contributed by atoms with van der Waals surface area (Å²) in [7, 11) is 0. The molecule has 0 aliphatic rings. The Bertz CT molecular complexity index is 272. The van der Waals surface area contributed by atoms with Gasteiger partial charge < -0.3 is 10.2 Å². The molecule has 0 amide bonds. The fourth-order valence-corrected chi connectivity index (χ4v) is 3.78. The van der Waals surface area contributed by atoms with E-state index in [1.165, 1.54) is 5.56 Å². The Hall–Kier alpha value is -0.160. The zero-order valence-electron chi connectivity index (χ0n) is 9.92. The molecule has 0 aliphatic carbocycles. The maximum absolute atomic E-state index is 8.85. The second-order valence-electron chi connectivity index (χ2n) is 3.64. The molecule has 2 nitrogen and oxygen atoms in total. The normalized spacial score (nSPS) is 11.0. The first kappa shape index (κ1) is 14.9. The van der Waals surface area contributed by atoms with Gasteiger partial charge in [0.05, 0.1) is 17.8 Å². The minimum Gasteiger partial charge on any atom is -0.396 e. The fraction of sp³-hybridized carbons (Fsp3) is 0.538. The van der Waals surface area contributed by atoms with E-state index < -0.39 is 0 Å². The summed E-state index contributed by atoms with van der Waals surface area (Å²) < 4.78 is 0.467. The van der Waals surface area contributed by atoms with Gasteiger partial charge in [-0.3, -0.25) is 0 Å². The van der Waals surface area contributed by atoms with Crippen molar-refractivity contribution in [1.82, 2.24) is 0 Å². The summed E-state index contributed by atoms with van der Waals surface area (Å²) in [5, 5.41) is 17.7. The largest absolute Gasteiger partial charge is 0.396 e. The molecule has 17 heavy (non-hydrogen) atoms. The summed E-state index contributed by atoms with van der Waals surface area (Å²) in [5.41, 5.74) is 1.35. The average Bonchev–Trinajstić information content (AvgIpc) is 2.39. The first-order chi connectivity index (χ1) is 8.36. The van der Waals surface area contributed by atoms with Crippen LogP contribution >= 0.6 is 23.5 Å². The van der Waals surface area contributed by atoms with Gasteiger partial charge in [-0.2, -0.15) is 0 Å². The topological polar surface area (TPSA) is 40.5 Å². The van der Waals surface area contributed by atoms with Crippen LogP contribution in [0.5, 0.6) is 0 Å². The molecule has 0 bridgehead atoms. The van der Waals surface area contributed by atoms with E-state index in [1.807, 2.05) is 6.07 Å². The van der Waals surface area contributed by atoms with E-state index in [1.54, 1.807) is 23.5 Å². The minimum atomic E-state index is 0.228. The van der Waals surface area contributed by atoms with Crippen LogP contribution in [0.1, 0.15) is 12.0 Å². The zero-order chi connectivity index (χ0) is 12.3. The highest BCUT2D eigenvalue weighted by atomic mass is 32.2. The van der Waals surface area contributed by atoms with E-state index in [0.29, 0.717) is 4.58 Å². The van der Waals surface area contributed by atoms with Crippen LogP contribution in [0.25, 0.3) is 0 Å². The van der Waals surface area contributed by atoms with Crippen LogP contribution < -0.4 is 0 Å². The van der Waals surface area contributed by atoms with Crippen molar-refractivity contribution in [2.45, 2.75) is 17.4 Å². The number of aryl methyl sites for hydroxylation is 1. The SMILES string of the molecule is OCCSC(CCc1ccccc1)SCCO. The summed E-state index contributed by atoms with van der Waals surface area (Å²) in [6.45, 7) is 0.457. The molecule has 2 N–H and O–H groups in total. The molecule has 0 heterocycles. The molecule has 0 aromatic heterocycles. The number of benzene rings is 1. The van der Waals surface area contributed by atoms with Gasteiger partial charge in [0.2, 0.25) is 0 Å². The molecule has 0 saturated carbocycles. The van der Waals surface area contributed by atoms with Crippen LogP contribution in [0.2, 0.25) is 0 Å². The van der Waals surface area contributed by atoms with Crippen molar-refractivity contribution in [2.24, 2.45) is 0 Å². The van der Waals surface area contributed by atoms with Gasteiger partial charge in [-0.15, -0.1) is 23.5 Å². The molecule has 1 rings (SSSR count). The van der Waals surface area contributed by atoms with Crippen molar-refractivity contribution in [3.63, 3.8) is 0 Å². The van der Waals surface area contributed by atoms with Gasteiger partial charge in [0.15, 0.2) is 0 Å². The Morgan fingerprint density at radius 2 is 1.53 bits per heavy atom. The number of rotatable bonds is 9. The second kappa shape index (κ2) is 9.83. The third-order valence-corrected chi connectivity index (χ3v) is 5.17. The summed E-state index contributed by atoms with van der Waals surface area (Å²) in [5.74, 6) is 1.55. The fourth-order valence-electron chi connectivity index (χ4n) is 1.51. The quantitative estimate of drug-likeness (QED) is 0.677. The van der Waals surface area contributed by atoms with E-state index in [2.05, 4.69) is 24.3 Å².